The van der Waals surface area contributed by atoms with Gasteiger partial charge in [0.1, 0.15) is 12.2 Å². The van der Waals surface area contributed by atoms with E-state index in [2.05, 4.69) is 41.2 Å². The summed E-state index contributed by atoms with van der Waals surface area (Å²) in [5.41, 5.74) is 1.10. The molecule has 1 aromatic carbocycles. The maximum Gasteiger partial charge on any atom is 0.165 e. The highest BCUT2D eigenvalue weighted by molar-refractivity contribution is 9.10. The summed E-state index contributed by atoms with van der Waals surface area (Å²) < 4.78 is 13.0. The largest absolute Gasteiger partial charge is 0.484 e. The van der Waals surface area contributed by atoms with Crippen molar-refractivity contribution >= 4 is 27.3 Å². The van der Waals surface area contributed by atoms with Crippen LogP contribution in [0.2, 0.25) is 0 Å². The molecule has 4 heteroatoms. The zero-order valence-corrected chi connectivity index (χ0v) is 13.3. The Kier molecular flexibility index (Phi) is 3.31. The minimum Gasteiger partial charge on any atom is -0.484 e. The number of fused-ring (bicyclic) bond motifs is 1. The number of rotatable bonds is 3. The highest BCUT2D eigenvalue weighted by Gasteiger charge is 2.32. The highest BCUT2D eigenvalue weighted by Crippen LogP contribution is 2.42. The molecule has 0 atom stereocenters. The van der Waals surface area contributed by atoms with Gasteiger partial charge in [-0.3, -0.25) is 0 Å². The van der Waals surface area contributed by atoms with Gasteiger partial charge in [0.25, 0.3) is 0 Å². The van der Waals surface area contributed by atoms with Crippen molar-refractivity contribution in [3.05, 3.63) is 44.6 Å². The molecule has 0 fully saturated rings. The van der Waals surface area contributed by atoms with E-state index < -0.39 is 0 Å². The molecule has 100 valence electrons. The summed E-state index contributed by atoms with van der Waals surface area (Å²) in [5, 5.41) is 2.05. The molecule has 1 aliphatic rings. The molecule has 0 saturated heterocycles. The van der Waals surface area contributed by atoms with Crippen molar-refractivity contribution in [1.29, 1.82) is 0 Å². The van der Waals surface area contributed by atoms with E-state index in [0.29, 0.717) is 6.61 Å². The number of thiophene rings is 1. The fraction of sp³-hybridized carbons (Fsp3) is 0.333. The second-order valence-corrected chi connectivity index (χ2v) is 7.12. The monoisotopic (exact) mass is 338 g/mol. The van der Waals surface area contributed by atoms with Crippen molar-refractivity contribution in [2.75, 3.05) is 0 Å². The van der Waals surface area contributed by atoms with Gasteiger partial charge in [-0.1, -0.05) is 12.1 Å². The maximum atomic E-state index is 5.99. The number of halogens is 1. The van der Waals surface area contributed by atoms with E-state index in [-0.39, 0.29) is 5.60 Å². The number of para-hydroxylation sites is 1. The maximum absolute atomic E-state index is 5.99. The van der Waals surface area contributed by atoms with E-state index in [0.717, 1.165) is 22.4 Å². The zero-order chi connectivity index (χ0) is 13.5. The average Bonchev–Trinajstić information content (AvgIpc) is 2.88. The Hall–Kier alpha value is -1.00. The Labute approximate surface area is 125 Å². The van der Waals surface area contributed by atoms with Gasteiger partial charge in [-0.05, 0) is 47.3 Å². The molecule has 0 N–H and O–H groups in total. The van der Waals surface area contributed by atoms with Gasteiger partial charge in [0.15, 0.2) is 11.5 Å². The second-order valence-electron chi connectivity index (χ2n) is 5.26. The van der Waals surface area contributed by atoms with Crippen LogP contribution in [-0.2, 0) is 13.0 Å². The number of benzene rings is 1. The lowest BCUT2D eigenvalue weighted by Crippen LogP contribution is -2.24. The number of hydrogen-bond acceptors (Lipinski definition) is 3. The Morgan fingerprint density at radius 1 is 1.37 bits per heavy atom. The number of ether oxygens (including phenoxy) is 2. The van der Waals surface area contributed by atoms with E-state index in [4.69, 9.17) is 9.47 Å². The SMILES string of the molecule is CC1(C)Cc2cccc(OCc3sccc3Br)c2O1. The summed E-state index contributed by atoms with van der Waals surface area (Å²) in [6.45, 7) is 4.78. The third kappa shape index (κ3) is 2.65. The summed E-state index contributed by atoms with van der Waals surface area (Å²) in [6, 6.07) is 8.15. The van der Waals surface area contributed by atoms with Gasteiger partial charge in [-0.2, -0.15) is 0 Å². The van der Waals surface area contributed by atoms with Gasteiger partial charge in [-0.25, -0.2) is 0 Å². The smallest absolute Gasteiger partial charge is 0.165 e. The minimum atomic E-state index is -0.134. The van der Waals surface area contributed by atoms with Crippen LogP contribution in [0.3, 0.4) is 0 Å². The van der Waals surface area contributed by atoms with Crippen molar-refractivity contribution in [3.63, 3.8) is 0 Å². The predicted molar refractivity (Wildman–Crippen MR) is 81.2 cm³/mol. The quantitative estimate of drug-likeness (QED) is 0.799. The van der Waals surface area contributed by atoms with Crippen LogP contribution in [-0.4, -0.2) is 5.60 Å². The zero-order valence-electron chi connectivity index (χ0n) is 10.9. The van der Waals surface area contributed by atoms with E-state index in [9.17, 15) is 0 Å². The fourth-order valence-corrected chi connectivity index (χ4v) is 3.65. The highest BCUT2D eigenvalue weighted by atomic mass is 79.9. The molecular weight excluding hydrogens is 324 g/mol. The lowest BCUT2D eigenvalue weighted by Gasteiger charge is -2.18. The molecule has 0 saturated carbocycles. The Balaban J connectivity index is 1.80. The first-order chi connectivity index (χ1) is 9.05. The summed E-state index contributed by atoms with van der Waals surface area (Å²) in [7, 11) is 0. The molecule has 0 unspecified atom stereocenters. The Bertz CT molecular complexity index is 604. The third-order valence-electron chi connectivity index (χ3n) is 3.10. The first-order valence-corrected chi connectivity index (χ1v) is 7.88. The van der Waals surface area contributed by atoms with Crippen LogP contribution < -0.4 is 9.47 Å². The average molecular weight is 339 g/mol. The lowest BCUT2D eigenvalue weighted by molar-refractivity contribution is 0.131. The van der Waals surface area contributed by atoms with Gasteiger partial charge in [0, 0.05) is 16.5 Å². The van der Waals surface area contributed by atoms with Crippen LogP contribution in [0.15, 0.2) is 34.1 Å². The van der Waals surface area contributed by atoms with Gasteiger partial charge in [0.05, 0.1) is 4.88 Å². The summed E-state index contributed by atoms with van der Waals surface area (Å²) >= 11 is 5.21. The molecule has 1 aliphatic heterocycles. The second kappa shape index (κ2) is 4.84. The van der Waals surface area contributed by atoms with Crippen molar-refractivity contribution in [3.8, 4) is 11.5 Å². The van der Waals surface area contributed by atoms with Crippen molar-refractivity contribution in [2.24, 2.45) is 0 Å². The molecule has 0 bridgehead atoms. The van der Waals surface area contributed by atoms with E-state index in [1.54, 1.807) is 11.3 Å². The summed E-state index contributed by atoms with van der Waals surface area (Å²) in [5.74, 6) is 1.74. The van der Waals surface area contributed by atoms with Crippen molar-refractivity contribution < 1.29 is 9.47 Å². The van der Waals surface area contributed by atoms with E-state index >= 15 is 0 Å². The van der Waals surface area contributed by atoms with Gasteiger partial charge in [0.2, 0.25) is 0 Å². The first kappa shape index (κ1) is 13.0. The van der Waals surface area contributed by atoms with Crippen LogP contribution in [0.5, 0.6) is 11.5 Å². The van der Waals surface area contributed by atoms with E-state index in [1.807, 2.05) is 18.2 Å². The van der Waals surface area contributed by atoms with Crippen molar-refractivity contribution in [2.45, 2.75) is 32.5 Å². The molecule has 1 aromatic heterocycles. The van der Waals surface area contributed by atoms with Crippen molar-refractivity contribution in [1.82, 2.24) is 0 Å². The lowest BCUT2D eigenvalue weighted by atomic mass is 10.0. The Morgan fingerprint density at radius 3 is 2.95 bits per heavy atom. The molecule has 19 heavy (non-hydrogen) atoms. The van der Waals surface area contributed by atoms with Gasteiger partial charge >= 0.3 is 0 Å². The van der Waals surface area contributed by atoms with Gasteiger partial charge < -0.3 is 9.47 Å². The standard InChI is InChI=1S/C15H15BrO2S/c1-15(2)8-10-4-3-5-12(14(10)18-15)17-9-13-11(16)6-7-19-13/h3-7H,8-9H2,1-2H3. The van der Waals surface area contributed by atoms with Gasteiger partial charge in [-0.15, -0.1) is 11.3 Å². The molecule has 0 radical (unpaired) electrons. The topological polar surface area (TPSA) is 18.5 Å². The molecule has 0 spiro atoms. The predicted octanol–water partition coefficient (Wildman–Crippen LogP) is 4.80. The first-order valence-electron chi connectivity index (χ1n) is 6.21. The third-order valence-corrected chi connectivity index (χ3v) is 5.00. The minimum absolute atomic E-state index is 0.134. The molecule has 2 heterocycles. The Morgan fingerprint density at radius 2 is 2.21 bits per heavy atom. The normalized spacial score (nSPS) is 15.9. The molecule has 2 aromatic rings. The van der Waals surface area contributed by atoms with Crippen LogP contribution in [0, 0.1) is 0 Å². The molecular formula is C15H15BrO2S. The molecule has 0 aliphatic carbocycles. The van der Waals surface area contributed by atoms with Crippen LogP contribution in [0.4, 0.5) is 0 Å². The number of hydrogen-bond donors (Lipinski definition) is 0. The summed E-state index contributed by atoms with van der Waals surface area (Å²) in [6.07, 6.45) is 0.933. The molecule has 0 amide bonds. The van der Waals surface area contributed by atoms with E-state index in [1.165, 1.54) is 10.4 Å². The molecule has 2 nitrogen and oxygen atoms in total. The van der Waals surface area contributed by atoms with Crippen LogP contribution >= 0.6 is 27.3 Å². The summed E-state index contributed by atoms with van der Waals surface area (Å²) in [4.78, 5) is 1.19. The van der Waals surface area contributed by atoms with Crippen LogP contribution in [0.1, 0.15) is 24.3 Å². The fourth-order valence-electron chi connectivity index (χ4n) is 2.27. The molecule has 3 rings (SSSR count). The van der Waals surface area contributed by atoms with Crippen LogP contribution in [0.25, 0.3) is 0 Å².